The van der Waals surface area contributed by atoms with Crippen molar-refractivity contribution >= 4 is 21.6 Å². The predicted octanol–water partition coefficient (Wildman–Crippen LogP) is 3.58. The molecule has 0 spiro atoms. The minimum Gasteiger partial charge on any atom is -0.390 e. The molecule has 17 N–H and O–H groups in total. The molecule has 3 fully saturated rings. The molecule has 86 heavy (non-hydrogen) atoms. The van der Waals surface area contributed by atoms with Crippen LogP contribution < -0.4 is 5.32 Å². The lowest BCUT2D eigenvalue weighted by molar-refractivity contribution is -0.337. The first kappa shape index (κ1) is 79.3. The van der Waals surface area contributed by atoms with Gasteiger partial charge in [-0.1, -0.05) is 206 Å². The van der Waals surface area contributed by atoms with Gasteiger partial charge >= 0.3 is 15.6 Å². The van der Waals surface area contributed by atoms with Gasteiger partial charge in [-0.05, 0) is 12.8 Å². The van der Waals surface area contributed by atoms with Gasteiger partial charge in [-0.3, -0.25) is 22.9 Å². The van der Waals surface area contributed by atoms with E-state index in [0.29, 0.717) is 12.8 Å². The molecule has 2 aliphatic carbocycles. The largest absolute Gasteiger partial charge is 0.472 e. The van der Waals surface area contributed by atoms with Gasteiger partial charge in [0.2, 0.25) is 5.91 Å². The zero-order valence-corrected chi connectivity index (χ0v) is 52.8. The molecule has 0 aromatic carbocycles. The fourth-order valence-electron chi connectivity index (χ4n) is 11.3. The normalized spacial score (nSPS) is 32.3. The maximum Gasteiger partial charge on any atom is 0.472 e. The molecule has 26 nitrogen and oxygen atoms in total. The average Bonchev–Trinajstić information content (AvgIpc) is 2.11. The van der Waals surface area contributed by atoms with Crippen LogP contribution in [0.1, 0.15) is 226 Å². The number of nitrogens with one attached hydrogen (secondary N) is 1. The van der Waals surface area contributed by atoms with E-state index >= 15 is 0 Å². The third-order valence-corrected chi connectivity index (χ3v) is 18.9. The fraction of sp³-hybridized carbons (Fsp3) is 0.983. The highest BCUT2D eigenvalue weighted by atomic mass is 31.2. The second kappa shape index (κ2) is 43.0. The second-order valence-electron chi connectivity index (χ2n) is 24.2. The van der Waals surface area contributed by atoms with Crippen molar-refractivity contribution in [1.29, 1.82) is 0 Å². The molecule has 1 saturated heterocycles. The third kappa shape index (κ3) is 28.5. The average molecular weight is 1290 g/mol. The summed E-state index contributed by atoms with van der Waals surface area (Å²) in [6.07, 6.45) is -6.25. The van der Waals surface area contributed by atoms with E-state index in [9.17, 15) is 95.2 Å². The first-order chi connectivity index (χ1) is 40.9. The molecule has 3 aliphatic rings. The highest BCUT2D eigenvalue weighted by molar-refractivity contribution is 7.47. The second-order valence-corrected chi connectivity index (χ2v) is 27.0. The highest BCUT2D eigenvalue weighted by Crippen LogP contribution is 2.49. The lowest BCUT2D eigenvalue weighted by atomic mass is 9.84. The molecular formula is C58H113NO25P2. The molecule has 0 bridgehead atoms. The Bertz CT molecular complexity index is 1850. The summed E-state index contributed by atoms with van der Waals surface area (Å²) in [5.74, 6) is -0.550. The van der Waals surface area contributed by atoms with Crippen LogP contribution in [-0.2, 0) is 41.5 Å². The van der Waals surface area contributed by atoms with Crippen LogP contribution in [0.4, 0.5) is 0 Å². The van der Waals surface area contributed by atoms with Gasteiger partial charge in [0.25, 0.3) is 0 Å². The lowest BCUT2D eigenvalue weighted by Crippen LogP contribution is -2.67. The van der Waals surface area contributed by atoms with Crippen LogP contribution >= 0.6 is 15.6 Å². The lowest BCUT2D eigenvalue weighted by Gasteiger charge is -2.47. The summed E-state index contributed by atoms with van der Waals surface area (Å²) in [6, 6.07) is -1.51. The molecule has 1 aliphatic heterocycles. The zero-order chi connectivity index (χ0) is 63.8. The van der Waals surface area contributed by atoms with Crippen molar-refractivity contribution in [1.82, 2.24) is 5.32 Å². The number of phosphoric ester groups is 2. The Labute approximate surface area is 509 Å². The molecule has 0 aromatic heterocycles. The Hall–Kier alpha value is -0.950. The number of aliphatic hydroxyl groups excluding tert-OH is 14. The van der Waals surface area contributed by atoms with Gasteiger partial charge in [0.05, 0.1) is 25.4 Å². The molecule has 28 heteroatoms. The molecular weight excluding hydrogens is 1170 g/mol. The summed E-state index contributed by atoms with van der Waals surface area (Å²) in [7, 11) is -11.1. The maximum absolute atomic E-state index is 13.8. The van der Waals surface area contributed by atoms with Gasteiger partial charge in [-0.25, -0.2) is 9.13 Å². The van der Waals surface area contributed by atoms with Crippen LogP contribution in [0.2, 0.25) is 0 Å². The number of rotatable bonds is 48. The Morgan fingerprint density at radius 2 is 0.767 bits per heavy atom. The van der Waals surface area contributed by atoms with Crippen molar-refractivity contribution < 1.29 is 123 Å². The molecule has 510 valence electrons. The van der Waals surface area contributed by atoms with Crippen molar-refractivity contribution in [3.8, 4) is 0 Å². The number of ether oxygens (including phenoxy) is 2. The van der Waals surface area contributed by atoms with Crippen molar-refractivity contribution in [2.75, 3.05) is 13.2 Å². The number of carbonyl (C=O) groups is 1. The molecule has 0 aromatic rings. The van der Waals surface area contributed by atoms with Gasteiger partial charge in [-0.2, -0.15) is 0 Å². The zero-order valence-electron chi connectivity index (χ0n) is 51.0. The first-order valence-electron chi connectivity index (χ1n) is 32.3. The number of unbranched alkanes of at least 4 members (excludes halogenated alkanes) is 29. The molecule has 13 unspecified atom stereocenters. The van der Waals surface area contributed by atoms with Crippen molar-refractivity contribution in [3.05, 3.63) is 0 Å². The summed E-state index contributed by atoms with van der Waals surface area (Å²) < 4.78 is 57.8. The van der Waals surface area contributed by atoms with E-state index in [-0.39, 0.29) is 12.8 Å². The van der Waals surface area contributed by atoms with Crippen LogP contribution in [0.5, 0.6) is 0 Å². The first-order valence-corrected chi connectivity index (χ1v) is 35.3. The number of phosphoric acid groups is 2. The van der Waals surface area contributed by atoms with Crippen LogP contribution in [0, 0.1) is 0 Å². The third-order valence-electron chi connectivity index (χ3n) is 16.9. The number of amides is 1. The van der Waals surface area contributed by atoms with E-state index in [0.717, 1.165) is 64.2 Å². The monoisotopic (exact) mass is 1290 g/mol. The van der Waals surface area contributed by atoms with Crippen molar-refractivity contribution in [2.45, 2.75) is 348 Å². The SMILES string of the molecule is CCCCCCCCCCCCCCCCCCCCCC(=O)N[C@@H](COP(=O)(O)O[C@H]1C(O)C(O)C(O)[C@@H](O)C1O[C@H]1O[C@H](COP(=O)(O)OC2C(O)C(O)C(O)[C@@H](O)C2O)[C@@H](O)C(O)C1O)[C@H](O)[C@H](O)CCCCCCCCCCCCCC. The van der Waals surface area contributed by atoms with E-state index in [2.05, 4.69) is 19.2 Å². The molecule has 1 amide bonds. The highest BCUT2D eigenvalue weighted by Gasteiger charge is 2.56. The summed E-state index contributed by atoms with van der Waals surface area (Å²) in [5, 5.41) is 151. The van der Waals surface area contributed by atoms with Gasteiger partial charge < -0.3 is 96.1 Å². The van der Waals surface area contributed by atoms with Crippen molar-refractivity contribution in [2.24, 2.45) is 0 Å². The number of hydrogen-bond acceptors (Lipinski definition) is 23. The topological polar surface area (TPSA) is 442 Å². The standard InChI is InChI=1S/C58H113NO25P2/c1-3-5-7-9-11-13-15-17-18-19-20-21-22-23-25-27-29-31-33-35-41(61)59-38(42(62)39(60)34-32-30-28-26-24-16-14-12-10-8-6-4-2)36-79-85(75,76)84-57-53(73)49(69)48(68)52(72)56(57)82-58-54(74)44(64)43(63)40(81-58)37-80-86(77,78)83-55-50(70)46(66)45(65)47(67)51(55)71/h38-40,42-58,60,62-74H,3-37H2,1-2H3,(H,59,61)(H,75,76)(H,77,78)/t38-,39+,40+,42-,43+,44?,45?,46+,47?,48?,49?,50?,51?,52+,53?,54?,55?,56?,57-,58+/m0/s1. The van der Waals surface area contributed by atoms with Gasteiger partial charge in [0.15, 0.2) is 6.29 Å². The Balaban J connectivity index is 1.61. The number of carbonyl (C=O) groups excluding carboxylic acids is 1. The predicted molar refractivity (Wildman–Crippen MR) is 315 cm³/mol. The van der Waals surface area contributed by atoms with Crippen LogP contribution in [0.25, 0.3) is 0 Å². The van der Waals surface area contributed by atoms with E-state index in [1.165, 1.54) is 122 Å². The minimum atomic E-state index is -5.60. The Kier molecular flexibility index (Phi) is 39.7. The Morgan fingerprint density at radius 1 is 0.430 bits per heavy atom. The number of aliphatic hydroxyl groups is 14. The number of hydrogen-bond donors (Lipinski definition) is 17. The summed E-state index contributed by atoms with van der Waals surface area (Å²) >= 11 is 0. The van der Waals surface area contributed by atoms with Gasteiger partial charge in [0, 0.05) is 6.42 Å². The quantitative estimate of drug-likeness (QED) is 0.0306. The summed E-state index contributed by atoms with van der Waals surface area (Å²) in [4.78, 5) is 34.9. The van der Waals surface area contributed by atoms with Gasteiger partial charge in [-0.15, -0.1) is 0 Å². The van der Waals surface area contributed by atoms with Crippen LogP contribution in [-0.4, -0.2) is 223 Å². The molecule has 22 atom stereocenters. The Morgan fingerprint density at radius 3 is 1.20 bits per heavy atom. The minimum absolute atomic E-state index is 0.0208. The smallest absolute Gasteiger partial charge is 0.390 e. The summed E-state index contributed by atoms with van der Waals surface area (Å²) in [6.45, 7) is 2.19. The van der Waals surface area contributed by atoms with Gasteiger partial charge in [0.1, 0.15) is 104 Å². The summed E-state index contributed by atoms with van der Waals surface area (Å²) in [5.41, 5.74) is 0. The maximum atomic E-state index is 13.8. The molecule has 2 saturated carbocycles. The van der Waals surface area contributed by atoms with E-state index in [1.807, 2.05) is 0 Å². The van der Waals surface area contributed by atoms with Crippen LogP contribution in [0.15, 0.2) is 0 Å². The van der Waals surface area contributed by atoms with Crippen LogP contribution in [0.3, 0.4) is 0 Å². The molecule has 1 heterocycles. The van der Waals surface area contributed by atoms with E-state index < -0.39 is 157 Å². The molecule has 0 radical (unpaired) electrons. The fourth-order valence-corrected chi connectivity index (χ4v) is 13.2. The van der Waals surface area contributed by atoms with E-state index in [4.69, 9.17) is 27.6 Å². The van der Waals surface area contributed by atoms with Crippen molar-refractivity contribution in [3.63, 3.8) is 0 Å². The molecule has 3 rings (SSSR count). The van der Waals surface area contributed by atoms with E-state index in [1.54, 1.807) is 0 Å².